The lowest BCUT2D eigenvalue weighted by molar-refractivity contribution is -0.0760. The van der Waals surface area contributed by atoms with Gasteiger partial charge >= 0.3 is 0 Å². The molecule has 0 spiro atoms. The van der Waals surface area contributed by atoms with E-state index in [2.05, 4.69) is 5.10 Å². The number of hydrogen-bond acceptors (Lipinski definition) is 4. The molecule has 0 amide bonds. The summed E-state index contributed by atoms with van der Waals surface area (Å²) in [4.78, 5) is 0. The summed E-state index contributed by atoms with van der Waals surface area (Å²) < 4.78 is 12.6. The molecule has 1 saturated heterocycles. The highest BCUT2D eigenvalue weighted by atomic mass is 16.5. The summed E-state index contributed by atoms with van der Waals surface area (Å²) in [5.41, 5.74) is 5.48. The lowest BCUT2D eigenvalue weighted by Crippen LogP contribution is -2.26. The van der Waals surface area contributed by atoms with Crippen molar-refractivity contribution in [1.82, 2.24) is 9.78 Å². The molecule has 0 saturated carbocycles. The van der Waals surface area contributed by atoms with E-state index in [0.717, 1.165) is 19.4 Å². The van der Waals surface area contributed by atoms with Gasteiger partial charge in [-0.25, -0.2) is 4.68 Å². The molecular weight excluding hydrogens is 182 g/mol. The van der Waals surface area contributed by atoms with Gasteiger partial charge in [-0.15, -0.1) is 0 Å². The monoisotopic (exact) mass is 197 g/mol. The number of nitrogens with zero attached hydrogens (tertiary/aromatic N) is 2. The third-order valence-corrected chi connectivity index (χ3v) is 2.22. The van der Waals surface area contributed by atoms with E-state index in [0.29, 0.717) is 19.2 Å². The second-order valence-electron chi connectivity index (χ2n) is 3.41. The third-order valence-electron chi connectivity index (χ3n) is 2.22. The Hall–Kier alpha value is -1.07. The van der Waals surface area contributed by atoms with E-state index in [4.69, 9.17) is 15.2 Å². The number of hydrogen-bond donors (Lipinski definition) is 1. The van der Waals surface area contributed by atoms with Crippen molar-refractivity contribution in [2.24, 2.45) is 0 Å². The topological polar surface area (TPSA) is 62.3 Å². The molecule has 1 aromatic rings. The van der Waals surface area contributed by atoms with E-state index >= 15 is 0 Å². The predicted molar refractivity (Wildman–Crippen MR) is 51.6 cm³/mol. The third kappa shape index (κ3) is 2.46. The van der Waals surface area contributed by atoms with Crippen LogP contribution in [0.5, 0.6) is 0 Å². The first-order valence-electron chi connectivity index (χ1n) is 4.83. The zero-order chi connectivity index (χ0) is 9.80. The maximum Gasteiger partial charge on any atom is 0.145 e. The molecule has 1 aromatic heterocycles. The highest BCUT2D eigenvalue weighted by Gasteiger charge is 2.13. The van der Waals surface area contributed by atoms with Crippen LogP contribution in [0.15, 0.2) is 12.3 Å². The van der Waals surface area contributed by atoms with Crippen molar-refractivity contribution >= 4 is 5.82 Å². The molecule has 2 heterocycles. The van der Waals surface area contributed by atoms with Crippen LogP contribution in [0, 0.1) is 0 Å². The number of ether oxygens (including phenoxy) is 2. The van der Waals surface area contributed by atoms with Crippen LogP contribution in [0.4, 0.5) is 5.82 Å². The summed E-state index contributed by atoms with van der Waals surface area (Å²) in [5.74, 6) is 0.522. The maximum absolute atomic E-state index is 5.60. The summed E-state index contributed by atoms with van der Waals surface area (Å²) in [6.07, 6.45) is 4.15. The van der Waals surface area contributed by atoms with Crippen molar-refractivity contribution in [2.75, 3.05) is 18.9 Å². The van der Waals surface area contributed by atoms with Gasteiger partial charge in [0.05, 0.1) is 12.7 Å². The Morgan fingerprint density at radius 2 is 2.64 bits per heavy atom. The van der Waals surface area contributed by atoms with Crippen molar-refractivity contribution in [3.05, 3.63) is 12.3 Å². The Morgan fingerprint density at radius 3 is 3.29 bits per heavy atom. The standard InChI is InChI=1S/C9H15N3O2/c10-9-3-4-12(11-9)7-14-8-2-1-5-13-6-8/h3-4,8H,1-2,5-7H2,(H2,10,11). The summed E-state index contributed by atoms with van der Waals surface area (Å²) in [6.45, 7) is 2.00. The SMILES string of the molecule is Nc1ccn(COC2CCCOC2)n1. The highest BCUT2D eigenvalue weighted by Crippen LogP contribution is 2.10. The quantitative estimate of drug-likeness (QED) is 0.771. The molecule has 5 heteroatoms. The van der Waals surface area contributed by atoms with E-state index in [-0.39, 0.29) is 6.10 Å². The van der Waals surface area contributed by atoms with Crippen LogP contribution >= 0.6 is 0 Å². The van der Waals surface area contributed by atoms with Gasteiger partial charge in [0, 0.05) is 18.9 Å². The second kappa shape index (κ2) is 4.43. The number of anilines is 1. The van der Waals surface area contributed by atoms with Crippen LogP contribution in [-0.2, 0) is 16.2 Å². The fourth-order valence-electron chi connectivity index (χ4n) is 1.47. The molecule has 0 bridgehead atoms. The van der Waals surface area contributed by atoms with Crippen molar-refractivity contribution in [3.8, 4) is 0 Å². The van der Waals surface area contributed by atoms with Crippen LogP contribution < -0.4 is 5.73 Å². The van der Waals surface area contributed by atoms with Crippen molar-refractivity contribution < 1.29 is 9.47 Å². The minimum atomic E-state index is 0.203. The smallest absolute Gasteiger partial charge is 0.145 e. The molecule has 1 aliphatic rings. The zero-order valence-corrected chi connectivity index (χ0v) is 8.06. The van der Waals surface area contributed by atoms with Gasteiger partial charge in [-0.1, -0.05) is 0 Å². The molecule has 1 fully saturated rings. The maximum atomic E-state index is 5.60. The number of nitrogens with two attached hydrogens (primary N) is 1. The predicted octanol–water partition coefficient (Wildman–Crippen LogP) is 0.618. The largest absolute Gasteiger partial charge is 0.382 e. The Morgan fingerprint density at radius 1 is 1.71 bits per heavy atom. The van der Waals surface area contributed by atoms with Crippen molar-refractivity contribution in [2.45, 2.75) is 25.7 Å². The van der Waals surface area contributed by atoms with Gasteiger partial charge in [-0.05, 0) is 12.8 Å². The molecule has 14 heavy (non-hydrogen) atoms. The van der Waals surface area contributed by atoms with E-state index in [1.54, 1.807) is 16.9 Å². The molecule has 0 radical (unpaired) electrons. The lowest BCUT2D eigenvalue weighted by Gasteiger charge is -2.22. The van der Waals surface area contributed by atoms with Gasteiger partial charge < -0.3 is 15.2 Å². The minimum Gasteiger partial charge on any atom is -0.382 e. The summed E-state index contributed by atoms with van der Waals surface area (Å²) in [6, 6.07) is 1.75. The van der Waals surface area contributed by atoms with Gasteiger partial charge in [0.15, 0.2) is 0 Å². The first-order valence-corrected chi connectivity index (χ1v) is 4.83. The Kier molecular flexibility index (Phi) is 3.00. The molecule has 78 valence electrons. The van der Waals surface area contributed by atoms with Crippen LogP contribution in [0.3, 0.4) is 0 Å². The average molecular weight is 197 g/mol. The van der Waals surface area contributed by atoms with Crippen LogP contribution in [-0.4, -0.2) is 29.1 Å². The highest BCUT2D eigenvalue weighted by molar-refractivity contribution is 5.23. The van der Waals surface area contributed by atoms with E-state index in [1.165, 1.54) is 0 Å². The number of nitrogen functional groups attached to an aromatic ring is 1. The van der Waals surface area contributed by atoms with Crippen LogP contribution in [0.1, 0.15) is 12.8 Å². The molecule has 1 unspecified atom stereocenters. The molecule has 0 aliphatic carbocycles. The lowest BCUT2D eigenvalue weighted by atomic mass is 10.2. The summed E-state index contributed by atoms with van der Waals surface area (Å²) in [7, 11) is 0. The van der Waals surface area contributed by atoms with E-state index < -0.39 is 0 Å². The van der Waals surface area contributed by atoms with Crippen molar-refractivity contribution in [1.29, 1.82) is 0 Å². The van der Waals surface area contributed by atoms with E-state index in [9.17, 15) is 0 Å². The molecule has 2 N–H and O–H groups in total. The Bertz CT molecular complexity index is 281. The number of rotatable bonds is 3. The fourth-order valence-corrected chi connectivity index (χ4v) is 1.47. The molecule has 2 rings (SSSR count). The van der Waals surface area contributed by atoms with Gasteiger partial charge in [0.25, 0.3) is 0 Å². The summed E-state index contributed by atoms with van der Waals surface area (Å²) >= 11 is 0. The normalized spacial score (nSPS) is 22.4. The molecule has 5 nitrogen and oxygen atoms in total. The molecule has 1 aliphatic heterocycles. The fraction of sp³-hybridized carbons (Fsp3) is 0.667. The van der Waals surface area contributed by atoms with Gasteiger partial charge in [0.2, 0.25) is 0 Å². The summed E-state index contributed by atoms with van der Waals surface area (Å²) in [5, 5.41) is 4.02. The van der Waals surface area contributed by atoms with Gasteiger partial charge in [-0.2, -0.15) is 5.10 Å². The van der Waals surface area contributed by atoms with Gasteiger partial charge in [0.1, 0.15) is 12.5 Å². The van der Waals surface area contributed by atoms with Crippen molar-refractivity contribution in [3.63, 3.8) is 0 Å². The minimum absolute atomic E-state index is 0.203. The van der Waals surface area contributed by atoms with Crippen LogP contribution in [0.25, 0.3) is 0 Å². The van der Waals surface area contributed by atoms with Crippen LogP contribution in [0.2, 0.25) is 0 Å². The Balaban J connectivity index is 1.76. The molecule has 0 aromatic carbocycles. The number of aromatic nitrogens is 2. The zero-order valence-electron chi connectivity index (χ0n) is 8.06. The van der Waals surface area contributed by atoms with E-state index in [1.807, 2.05) is 0 Å². The average Bonchev–Trinajstić information content (AvgIpc) is 2.63. The second-order valence-corrected chi connectivity index (χ2v) is 3.41. The van der Waals surface area contributed by atoms with Gasteiger partial charge in [-0.3, -0.25) is 0 Å². The first kappa shape index (κ1) is 9.48. The first-order chi connectivity index (χ1) is 6.84. The molecular formula is C9H15N3O2. The molecule has 1 atom stereocenters. The Labute approximate surface area is 82.8 Å².